The van der Waals surface area contributed by atoms with Gasteiger partial charge in [-0.2, -0.15) is 5.26 Å². The lowest BCUT2D eigenvalue weighted by atomic mass is 10.2. The van der Waals surface area contributed by atoms with Gasteiger partial charge in [-0.1, -0.05) is 54.2 Å². The van der Waals surface area contributed by atoms with Crippen LogP contribution in [0.1, 0.15) is 16.7 Å². The van der Waals surface area contributed by atoms with E-state index in [1.807, 2.05) is 30.3 Å². The molecule has 0 radical (unpaired) electrons. The molecule has 0 aliphatic carbocycles. The molecule has 0 N–H and O–H groups in total. The number of rotatable bonds is 6. The van der Waals surface area contributed by atoms with E-state index in [0.717, 1.165) is 42.1 Å². The molecule has 1 aliphatic heterocycles. The molecule has 0 saturated carbocycles. The fraction of sp³-hybridized carbons (Fsp3) is 0.286. The molecule has 2 heterocycles. The Morgan fingerprint density at radius 2 is 1.71 bits per heavy atom. The van der Waals surface area contributed by atoms with Crippen molar-refractivity contribution >= 4 is 17.7 Å². The van der Waals surface area contributed by atoms with Crippen LogP contribution in [0.15, 0.2) is 59.8 Å². The van der Waals surface area contributed by atoms with Crippen LogP contribution in [0.3, 0.4) is 0 Å². The van der Waals surface area contributed by atoms with E-state index < -0.39 is 0 Å². The Kier molecular flexibility index (Phi) is 5.90. The lowest BCUT2D eigenvalue weighted by Gasteiger charge is -2.28. The third-order valence-electron chi connectivity index (χ3n) is 4.63. The third-order valence-corrected chi connectivity index (χ3v) is 5.66. The number of nitriles is 1. The highest BCUT2D eigenvalue weighted by molar-refractivity contribution is 7.98. The summed E-state index contributed by atoms with van der Waals surface area (Å²) in [6.45, 7) is 3.81. The number of anilines is 1. The van der Waals surface area contributed by atoms with Crippen LogP contribution in [-0.2, 0) is 17.0 Å². The van der Waals surface area contributed by atoms with E-state index in [1.165, 1.54) is 5.56 Å². The molecule has 2 aromatic carbocycles. The van der Waals surface area contributed by atoms with E-state index in [1.54, 1.807) is 11.8 Å². The summed E-state index contributed by atoms with van der Waals surface area (Å²) in [6.07, 6.45) is 0. The molecule has 1 aromatic heterocycles. The minimum absolute atomic E-state index is 0.676. The van der Waals surface area contributed by atoms with Crippen LogP contribution < -0.4 is 4.90 Å². The summed E-state index contributed by atoms with van der Waals surface area (Å²) < 4.78 is 7.67. The largest absolute Gasteiger partial charge is 0.378 e. The van der Waals surface area contributed by atoms with Crippen LogP contribution in [0.5, 0.6) is 0 Å². The molecule has 7 heteroatoms. The first-order chi connectivity index (χ1) is 13.8. The van der Waals surface area contributed by atoms with Gasteiger partial charge in [0.25, 0.3) is 0 Å². The van der Waals surface area contributed by atoms with Gasteiger partial charge in [-0.25, -0.2) is 0 Å². The van der Waals surface area contributed by atoms with E-state index in [4.69, 9.17) is 10.00 Å². The minimum atomic E-state index is 0.676. The van der Waals surface area contributed by atoms with E-state index in [2.05, 4.69) is 50.0 Å². The Hall–Kier alpha value is -2.82. The first-order valence-corrected chi connectivity index (χ1v) is 10.2. The normalized spacial score (nSPS) is 14.0. The molecule has 4 rings (SSSR count). The molecular formula is C21H21N5OS. The predicted octanol–water partition coefficient (Wildman–Crippen LogP) is 3.33. The fourth-order valence-corrected chi connectivity index (χ4v) is 4.00. The second-order valence-electron chi connectivity index (χ2n) is 6.55. The Morgan fingerprint density at radius 1 is 0.964 bits per heavy atom. The second-order valence-corrected chi connectivity index (χ2v) is 7.49. The van der Waals surface area contributed by atoms with E-state index in [9.17, 15) is 0 Å². The van der Waals surface area contributed by atoms with Gasteiger partial charge in [-0.3, -0.25) is 4.57 Å². The Balaban J connectivity index is 1.56. The van der Waals surface area contributed by atoms with Crippen molar-refractivity contribution in [3.63, 3.8) is 0 Å². The molecule has 28 heavy (non-hydrogen) atoms. The number of benzene rings is 2. The summed E-state index contributed by atoms with van der Waals surface area (Å²) in [5.41, 5.74) is 3.05. The first kappa shape index (κ1) is 18.5. The molecule has 0 amide bonds. The van der Waals surface area contributed by atoms with Gasteiger partial charge in [-0.05, 0) is 23.3 Å². The summed E-state index contributed by atoms with van der Waals surface area (Å²) >= 11 is 1.67. The van der Waals surface area contributed by atoms with E-state index in [-0.39, 0.29) is 0 Å². The second kappa shape index (κ2) is 8.91. The molecule has 1 saturated heterocycles. The Morgan fingerprint density at radius 3 is 2.43 bits per heavy atom. The lowest BCUT2D eigenvalue weighted by Crippen LogP contribution is -2.38. The number of ether oxygens (including phenoxy) is 1. The van der Waals surface area contributed by atoms with Gasteiger partial charge in [0.15, 0.2) is 5.16 Å². The number of morpholine rings is 1. The highest BCUT2D eigenvalue weighted by atomic mass is 32.2. The topological polar surface area (TPSA) is 67.0 Å². The van der Waals surface area contributed by atoms with Crippen molar-refractivity contribution in [2.45, 2.75) is 17.5 Å². The number of hydrogen-bond donors (Lipinski definition) is 0. The molecule has 0 atom stereocenters. The van der Waals surface area contributed by atoms with Crippen LogP contribution in [-0.4, -0.2) is 41.1 Å². The molecule has 1 aliphatic rings. The summed E-state index contributed by atoms with van der Waals surface area (Å²) in [7, 11) is 0. The molecule has 3 aromatic rings. The average molecular weight is 392 g/mol. The Bertz CT molecular complexity index is 943. The highest BCUT2D eigenvalue weighted by Gasteiger charge is 2.20. The van der Waals surface area contributed by atoms with Crippen molar-refractivity contribution in [3.8, 4) is 6.07 Å². The Labute approximate surface area is 168 Å². The number of aromatic nitrogens is 3. The van der Waals surface area contributed by atoms with Gasteiger partial charge in [-0.15, -0.1) is 10.2 Å². The van der Waals surface area contributed by atoms with Crippen molar-refractivity contribution in [2.24, 2.45) is 0 Å². The van der Waals surface area contributed by atoms with Gasteiger partial charge in [0.1, 0.15) is 0 Å². The summed E-state index contributed by atoms with van der Waals surface area (Å²) in [4.78, 5) is 2.24. The zero-order chi connectivity index (χ0) is 19.2. The smallest absolute Gasteiger partial charge is 0.228 e. The third kappa shape index (κ3) is 4.35. The SMILES string of the molecule is N#Cc1ccc(CSc2nnc(N3CCOCC3)n2Cc2ccccc2)cc1. The molecular weight excluding hydrogens is 370 g/mol. The van der Waals surface area contributed by atoms with Gasteiger partial charge in [0, 0.05) is 18.8 Å². The molecule has 0 bridgehead atoms. The van der Waals surface area contributed by atoms with E-state index in [0.29, 0.717) is 18.8 Å². The molecule has 142 valence electrons. The zero-order valence-electron chi connectivity index (χ0n) is 15.5. The number of hydrogen-bond acceptors (Lipinski definition) is 6. The van der Waals surface area contributed by atoms with Gasteiger partial charge < -0.3 is 9.64 Å². The van der Waals surface area contributed by atoms with Gasteiger partial charge >= 0.3 is 0 Å². The van der Waals surface area contributed by atoms with Crippen molar-refractivity contribution < 1.29 is 4.74 Å². The number of nitrogens with zero attached hydrogens (tertiary/aromatic N) is 5. The monoisotopic (exact) mass is 391 g/mol. The van der Waals surface area contributed by atoms with Gasteiger partial charge in [0.05, 0.1) is 31.4 Å². The average Bonchev–Trinajstić information content (AvgIpc) is 3.16. The van der Waals surface area contributed by atoms with Crippen molar-refractivity contribution in [3.05, 3.63) is 71.3 Å². The summed E-state index contributed by atoms with van der Waals surface area (Å²) in [5, 5.41) is 18.8. The van der Waals surface area contributed by atoms with Gasteiger partial charge in [0.2, 0.25) is 5.95 Å². The van der Waals surface area contributed by atoms with Crippen molar-refractivity contribution in [1.29, 1.82) is 5.26 Å². The van der Waals surface area contributed by atoms with Crippen LogP contribution in [0.25, 0.3) is 0 Å². The number of thioether (sulfide) groups is 1. The summed E-state index contributed by atoms with van der Waals surface area (Å²) in [5.74, 6) is 1.68. The standard InChI is InChI=1S/C21H21N5OS/c22-14-17-6-8-19(9-7-17)16-28-21-24-23-20(25-10-12-27-13-11-25)26(21)15-18-4-2-1-3-5-18/h1-9H,10-13,15-16H2. The van der Waals surface area contributed by atoms with Crippen molar-refractivity contribution in [1.82, 2.24) is 14.8 Å². The maximum atomic E-state index is 8.95. The fourth-order valence-electron chi connectivity index (χ4n) is 3.11. The molecule has 6 nitrogen and oxygen atoms in total. The van der Waals surface area contributed by atoms with Crippen LogP contribution >= 0.6 is 11.8 Å². The summed E-state index contributed by atoms with van der Waals surface area (Å²) in [6, 6.07) is 20.2. The van der Waals surface area contributed by atoms with E-state index >= 15 is 0 Å². The maximum absolute atomic E-state index is 8.95. The lowest BCUT2D eigenvalue weighted by molar-refractivity contribution is 0.121. The maximum Gasteiger partial charge on any atom is 0.228 e. The minimum Gasteiger partial charge on any atom is -0.378 e. The first-order valence-electron chi connectivity index (χ1n) is 9.25. The molecule has 1 fully saturated rings. The quantitative estimate of drug-likeness (QED) is 0.601. The molecule has 0 unspecified atom stereocenters. The molecule has 0 spiro atoms. The van der Waals surface area contributed by atoms with Crippen LogP contribution in [0, 0.1) is 11.3 Å². The van der Waals surface area contributed by atoms with Crippen molar-refractivity contribution in [2.75, 3.05) is 31.2 Å². The predicted molar refractivity (Wildman–Crippen MR) is 109 cm³/mol. The van der Waals surface area contributed by atoms with Crippen LogP contribution in [0.2, 0.25) is 0 Å². The highest BCUT2D eigenvalue weighted by Crippen LogP contribution is 2.27. The van der Waals surface area contributed by atoms with Crippen LogP contribution in [0.4, 0.5) is 5.95 Å². The zero-order valence-corrected chi connectivity index (χ0v) is 16.3.